The monoisotopic (exact) mass is 195 g/mol. The second kappa shape index (κ2) is 4.15. The highest BCUT2D eigenvalue weighted by Gasteiger charge is 2.11. The SMILES string of the molecule is [C-]#[N+]Cc1ccc(C)c(Cl)c1OC. The van der Waals surface area contributed by atoms with Crippen molar-refractivity contribution >= 4 is 11.6 Å². The summed E-state index contributed by atoms with van der Waals surface area (Å²) < 4.78 is 5.13. The van der Waals surface area contributed by atoms with E-state index in [9.17, 15) is 0 Å². The number of ether oxygens (including phenoxy) is 1. The fourth-order valence-corrected chi connectivity index (χ4v) is 1.39. The van der Waals surface area contributed by atoms with E-state index in [-0.39, 0.29) is 0 Å². The van der Waals surface area contributed by atoms with Gasteiger partial charge >= 0.3 is 0 Å². The highest BCUT2D eigenvalue weighted by molar-refractivity contribution is 6.32. The minimum atomic E-state index is 0.309. The van der Waals surface area contributed by atoms with Gasteiger partial charge in [0.1, 0.15) is 5.75 Å². The van der Waals surface area contributed by atoms with Crippen LogP contribution in [0.3, 0.4) is 0 Å². The van der Waals surface area contributed by atoms with Gasteiger partial charge in [0.05, 0.1) is 17.7 Å². The van der Waals surface area contributed by atoms with Crippen LogP contribution in [-0.2, 0) is 6.54 Å². The van der Waals surface area contributed by atoms with Crippen LogP contribution < -0.4 is 4.74 Å². The first kappa shape index (κ1) is 9.88. The molecule has 13 heavy (non-hydrogen) atoms. The molecule has 0 aliphatic rings. The summed E-state index contributed by atoms with van der Waals surface area (Å²) in [7, 11) is 1.56. The molecule has 1 rings (SSSR count). The van der Waals surface area contributed by atoms with Gasteiger partial charge in [0.25, 0.3) is 0 Å². The lowest BCUT2D eigenvalue weighted by molar-refractivity contribution is 0.410. The summed E-state index contributed by atoms with van der Waals surface area (Å²) in [5, 5.41) is 0.601. The third-order valence-electron chi connectivity index (χ3n) is 1.83. The number of hydrogen-bond donors (Lipinski definition) is 0. The summed E-state index contributed by atoms with van der Waals surface area (Å²) >= 11 is 6.01. The van der Waals surface area contributed by atoms with Crippen molar-refractivity contribution < 1.29 is 4.74 Å². The first-order valence-corrected chi connectivity index (χ1v) is 4.23. The van der Waals surface area contributed by atoms with Gasteiger partial charge in [-0.3, -0.25) is 0 Å². The van der Waals surface area contributed by atoms with Gasteiger partial charge in [-0.05, 0) is 18.6 Å². The standard InChI is InChI=1S/C10H10ClNO/c1-7-4-5-8(6-12-2)10(13-3)9(7)11/h4-5H,6H2,1,3H3. The van der Waals surface area contributed by atoms with E-state index in [1.165, 1.54) is 0 Å². The summed E-state index contributed by atoms with van der Waals surface area (Å²) in [6.07, 6.45) is 0. The predicted molar refractivity (Wildman–Crippen MR) is 53.0 cm³/mol. The first-order chi connectivity index (χ1) is 6.20. The van der Waals surface area contributed by atoms with E-state index < -0.39 is 0 Å². The zero-order valence-corrected chi connectivity index (χ0v) is 8.35. The van der Waals surface area contributed by atoms with Gasteiger partial charge in [-0.1, -0.05) is 17.7 Å². The zero-order chi connectivity index (χ0) is 9.84. The van der Waals surface area contributed by atoms with E-state index in [2.05, 4.69) is 4.85 Å². The van der Waals surface area contributed by atoms with E-state index in [1.807, 2.05) is 19.1 Å². The third-order valence-corrected chi connectivity index (χ3v) is 2.29. The molecule has 0 saturated carbocycles. The van der Waals surface area contributed by atoms with E-state index in [4.69, 9.17) is 22.9 Å². The highest BCUT2D eigenvalue weighted by Crippen LogP contribution is 2.31. The molecule has 0 aromatic heterocycles. The fraction of sp³-hybridized carbons (Fsp3) is 0.300. The molecule has 0 saturated heterocycles. The summed E-state index contributed by atoms with van der Waals surface area (Å²) in [5.74, 6) is 0.623. The third kappa shape index (κ3) is 1.93. The van der Waals surface area contributed by atoms with Gasteiger partial charge in [0.15, 0.2) is 0 Å². The smallest absolute Gasteiger partial charge is 0.243 e. The molecule has 0 radical (unpaired) electrons. The van der Waals surface area contributed by atoms with E-state index in [1.54, 1.807) is 7.11 Å². The molecule has 0 bridgehead atoms. The Morgan fingerprint density at radius 2 is 2.23 bits per heavy atom. The van der Waals surface area contributed by atoms with Crippen molar-refractivity contribution in [1.29, 1.82) is 0 Å². The van der Waals surface area contributed by atoms with Crippen LogP contribution >= 0.6 is 11.6 Å². The molecule has 1 aromatic rings. The largest absolute Gasteiger partial charge is 0.495 e. The Morgan fingerprint density at radius 1 is 1.54 bits per heavy atom. The maximum absolute atomic E-state index is 6.76. The van der Waals surface area contributed by atoms with Crippen LogP contribution in [-0.4, -0.2) is 7.11 Å². The summed E-state index contributed by atoms with van der Waals surface area (Å²) in [5.41, 5.74) is 1.81. The fourth-order valence-electron chi connectivity index (χ4n) is 1.12. The average molecular weight is 196 g/mol. The number of rotatable bonds is 2. The number of aryl methyl sites for hydroxylation is 1. The van der Waals surface area contributed by atoms with Crippen molar-refractivity contribution in [2.75, 3.05) is 7.11 Å². The molecule has 0 N–H and O–H groups in total. The van der Waals surface area contributed by atoms with E-state index in [0.29, 0.717) is 17.3 Å². The molecule has 0 atom stereocenters. The van der Waals surface area contributed by atoms with Crippen LogP contribution in [0.2, 0.25) is 5.02 Å². The molecular formula is C10H10ClNO. The van der Waals surface area contributed by atoms with Crippen molar-refractivity contribution in [2.45, 2.75) is 13.5 Å². The molecule has 2 nitrogen and oxygen atoms in total. The lowest BCUT2D eigenvalue weighted by atomic mass is 10.1. The molecule has 0 heterocycles. The predicted octanol–water partition coefficient (Wildman–Crippen LogP) is 3.08. The minimum absolute atomic E-state index is 0.309. The van der Waals surface area contributed by atoms with Crippen molar-refractivity contribution in [3.8, 4) is 5.75 Å². The Kier molecular flexibility index (Phi) is 3.16. The van der Waals surface area contributed by atoms with Gasteiger partial charge in [0, 0.05) is 0 Å². The summed E-state index contributed by atoms with van der Waals surface area (Å²) in [6.45, 7) is 8.98. The second-order valence-electron chi connectivity index (χ2n) is 2.71. The van der Waals surface area contributed by atoms with Crippen molar-refractivity contribution in [2.24, 2.45) is 0 Å². The molecule has 0 fully saturated rings. The molecule has 0 unspecified atom stereocenters. The maximum Gasteiger partial charge on any atom is 0.243 e. The molecule has 0 amide bonds. The lowest BCUT2D eigenvalue weighted by Crippen LogP contribution is -1.92. The number of methoxy groups -OCH3 is 1. The van der Waals surface area contributed by atoms with Crippen molar-refractivity contribution in [3.63, 3.8) is 0 Å². The highest BCUT2D eigenvalue weighted by atomic mass is 35.5. The van der Waals surface area contributed by atoms with Gasteiger partial charge < -0.3 is 9.58 Å². The normalized spacial score (nSPS) is 9.38. The minimum Gasteiger partial charge on any atom is -0.495 e. The second-order valence-corrected chi connectivity index (χ2v) is 3.08. The quantitative estimate of drug-likeness (QED) is 0.662. The van der Waals surface area contributed by atoms with Crippen LogP contribution in [0.5, 0.6) is 5.75 Å². The van der Waals surface area contributed by atoms with Crippen molar-refractivity contribution in [3.05, 3.63) is 39.7 Å². The van der Waals surface area contributed by atoms with Gasteiger partial charge in [0.2, 0.25) is 6.54 Å². The summed E-state index contributed by atoms with van der Waals surface area (Å²) in [4.78, 5) is 3.30. The van der Waals surface area contributed by atoms with Crippen LogP contribution in [0.1, 0.15) is 11.1 Å². The molecule has 0 aliphatic heterocycles. The van der Waals surface area contributed by atoms with Crippen molar-refractivity contribution in [1.82, 2.24) is 0 Å². The Hall–Kier alpha value is -1.20. The average Bonchev–Trinajstić information content (AvgIpc) is 2.12. The maximum atomic E-state index is 6.76. The Balaban J connectivity index is 3.23. The van der Waals surface area contributed by atoms with Crippen LogP contribution in [0.25, 0.3) is 4.85 Å². The van der Waals surface area contributed by atoms with Gasteiger partial charge in [-0.15, -0.1) is 0 Å². The van der Waals surface area contributed by atoms with Crippen LogP contribution in [0, 0.1) is 13.5 Å². The van der Waals surface area contributed by atoms with E-state index in [0.717, 1.165) is 11.1 Å². The molecular weight excluding hydrogens is 186 g/mol. The number of nitrogens with zero attached hydrogens (tertiary/aromatic N) is 1. The van der Waals surface area contributed by atoms with Crippen LogP contribution in [0.15, 0.2) is 12.1 Å². The molecule has 1 aromatic carbocycles. The van der Waals surface area contributed by atoms with Gasteiger partial charge in [-0.25, -0.2) is 6.57 Å². The first-order valence-electron chi connectivity index (χ1n) is 3.86. The number of hydrogen-bond acceptors (Lipinski definition) is 1. The molecule has 0 aliphatic carbocycles. The molecule has 68 valence electrons. The van der Waals surface area contributed by atoms with Gasteiger partial charge in [-0.2, -0.15) is 0 Å². The Morgan fingerprint density at radius 3 is 2.77 bits per heavy atom. The zero-order valence-electron chi connectivity index (χ0n) is 7.60. The molecule has 0 spiro atoms. The molecule has 3 heteroatoms. The number of halogens is 1. The van der Waals surface area contributed by atoms with Crippen LogP contribution in [0.4, 0.5) is 0 Å². The lowest BCUT2D eigenvalue weighted by Gasteiger charge is -2.07. The van der Waals surface area contributed by atoms with E-state index >= 15 is 0 Å². The Bertz CT molecular complexity index is 355. The Labute approximate surface area is 82.9 Å². The summed E-state index contributed by atoms with van der Waals surface area (Å²) in [6, 6.07) is 3.77. The number of benzene rings is 1. The topological polar surface area (TPSA) is 13.6 Å².